The van der Waals surface area contributed by atoms with E-state index in [4.69, 9.17) is 0 Å². The summed E-state index contributed by atoms with van der Waals surface area (Å²) in [7, 11) is -3.32. The summed E-state index contributed by atoms with van der Waals surface area (Å²) >= 11 is 0. The predicted molar refractivity (Wildman–Crippen MR) is 100 cm³/mol. The van der Waals surface area contributed by atoms with Gasteiger partial charge in [0.25, 0.3) is 5.95 Å². The Morgan fingerprint density at radius 3 is 2.37 bits per heavy atom. The Labute approximate surface area is 157 Å². The molecule has 0 aliphatic heterocycles. The first kappa shape index (κ1) is 18.7. The number of hydrogen-bond acceptors (Lipinski definition) is 6. The molecule has 0 unspecified atom stereocenters. The maximum Gasteiger partial charge on any atom is 0.250 e. The van der Waals surface area contributed by atoms with Crippen molar-refractivity contribution in [2.45, 2.75) is 30.4 Å². The molecular formula is C18H19N5O3S. The topological polar surface area (TPSA) is 107 Å². The number of benzene rings is 1. The molecule has 9 heteroatoms. The van der Waals surface area contributed by atoms with Crippen LogP contribution in [0.5, 0.6) is 0 Å². The van der Waals surface area contributed by atoms with E-state index in [0.717, 1.165) is 0 Å². The number of amides is 1. The van der Waals surface area contributed by atoms with Gasteiger partial charge in [0.1, 0.15) is 0 Å². The second kappa shape index (κ2) is 7.67. The van der Waals surface area contributed by atoms with Gasteiger partial charge in [-0.1, -0.05) is 12.1 Å². The third-order valence-corrected chi connectivity index (χ3v) is 6.04. The van der Waals surface area contributed by atoms with Crippen LogP contribution in [0.1, 0.15) is 19.4 Å². The largest absolute Gasteiger partial charge is 0.323 e. The Morgan fingerprint density at radius 2 is 1.81 bits per heavy atom. The highest BCUT2D eigenvalue weighted by Crippen LogP contribution is 2.17. The number of nitrogens with one attached hydrogen (secondary N) is 1. The van der Waals surface area contributed by atoms with E-state index in [9.17, 15) is 13.2 Å². The van der Waals surface area contributed by atoms with Crippen LogP contribution in [-0.4, -0.2) is 39.3 Å². The van der Waals surface area contributed by atoms with Crippen LogP contribution in [0, 0.1) is 0 Å². The first-order chi connectivity index (χ1) is 12.9. The van der Waals surface area contributed by atoms with Gasteiger partial charge in [0.2, 0.25) is 5.91 Å². The van der Waals surface area contributed by atoms with Crippen molar-refractivity contribution in [2.24, 2.45) is 0 Å². The first-order valence-corrected chi connectivity index (χ1v) is 9.85. The number of aromatic nitrogens is 4. The van der Waals surface area contributed by atoms with E-state index in [1.165, 1.54) is 29.2 Å². The molecule has 0 radical (unpaired) electrons. The number of anilines is 1. The van der Waals surface area contributed by atoms with Crippen molar-refractivity contribution in [3.63, 3.8) is 0 Å². The molecule has 27 heavy (non-hydrogen) atoms. The van der Waals surface area contributed by atoms with Gasteiger partial charge < -0.3 is 5.32 Å². The molecule has 0 saturated heterocycles. The van der Waals surface area contributed by atoms with Crippen LogP contribution < -0.4 is 5.32 Å². The Hall–Kier alpha value is -3.07. The van der Waals surface area contributed by atoms with Crippen LogP contribution in [0.25, 0.3) is 5.95 Å². The third kappa shape index (κ3) is 4.37. The van der Waals surface area contributed by atoms with Crippen LogP contribution in [0.3, 0.4) is 0 Å². The number of rotatable bonds is 6. The fourth-order valence-electron chi connectivity index (χ4n) is 2.35. The van der Waals surface area contributed by atoms with E-state index >= 15 is 0 Å². The van der Waals surface area contributed by atoms with Crippen LogP contribution >= 0.6 is 0 Å². The highest BCUT2D eigenvalue weighted by molar-refractivity contribution is 7.92. The third-order valence-electron chi connectivity index (χ3n) is 3.87. The van der Waals surface area contributed by atoms with E-state index < -0.39 is 15.1 Å². The van der Waals surface area contributed by atoms with Crippen molar-refractivity contribution >= 4 is 21.4 Å². The van der Waals surface area contributed by atoms with Gasteiger partial charge in [-0.3, -0.25) is 4.79 Å². The molecule has 0 aliphatic rings. The molecule has 1 aromatic carbocycles. The minimum Gasteiger partial charge on any atom is -0.323 e. The lowest BCUT2D eigenvalue weighted by Crippen LogP contribution is -2.16. The maximum absolute atomic E-state index is 12.2. The Morgan fingerprint density at radius 1 is 1.15 bits per heavy atom. The van der Waals surface area contributed by atoms with Gasteiger partial charge >= 0.3 is 0 Å². The van der Waals surface area contributed by atoms with E-state index in [2.05, 4.69) is 20.4 Å². The quantitative estimate of drug-likeness (QED) is 0.696. The van der Waals surface area contributed by atoms with Crippen molar-refractivity contribution in [2.75, 3.05) is 5.32 Å². The SMILES string of the molecule is CC(C)S(=O)(=O)c1ccc(CC(=O)Nc2cnc(-n3cccn3)nc2)cc1. The zero-order chi connectivity index (χ0) is 19.4. The minimum absolute atomic E-state index is 0.114. The summed E-state index contributed by atoms with van der Waals surface area (Å²) in [6, 6.07) is 8.11. The van der Waals surface area contributed by atoms with E-state index in [0.29, 0.717) is 17.2 Å². The maximum atomic E-state index is 12.2. The minimum atomic E-state index is -3.32. The molecule has 0 bridgehead atoms. The number of carbonyl (C=O) groups excluding carboxylic acids is 1. The first-order valence-electron chi connectivity index (χ1n) is 8.31. The highest BCUT2D eigenvalue weighted by atomic mass is 32.2. The van der Waals surface area contributed by atoms with Crippen LogP contribution in [-0.2, 0) is 21.1 Å². The smallest absolute Gasteiger partial charge is 0.250 e. The van der Waals surface area contributed by atoms with Crippen molar-refractivity contribution < 1.29 is 13.2 Å². The molecule has 0 atom stereocenters. The zero-order valence-electron chi connectivity index (χ0n) is 14.9. The predicted octanol–water partition coefficient (Wildman–Crippen LogP) is 2.03. The molecule has 3 aromatic rings. The summed E-state index contributed by atoms with van der Waals surface area (Å²) in [5.74, 6) is 0.157. The van der Waals surface area contributed by atoms with Crippen molar-refractivity contribution in [3.05, 3.63) is 60.7 Å². The zero-order valence-corrected chi connectivity index (χ0v) is 15.7. The number of sulfone groups is 1. The molecule has 2 aromatic heterocycles. The van der Waals surface area contributed by atoms with Crippen LogP contribution in [0.2, 0.25) is 0 Å². The van der Waals surface area contributed by atoms with Crippen molar-refractivity contribution in [1.29, 1.82) is 0 Å². The van der Waals surface area contributed by atoms with Crippen molar-refractivity contribution in [1.82, 2.24) is 19.7 Å². The Balaban J connectivity index is 1.62. The average molecular weight is 385 g/mol. The average Bonchev–Trinajstić information content (AvgIpc) is 3.17. The summed E-state index contributed by atoms with van der Waals surface area (Å²) in [5, 5.41) is 6.25. The van der Waals surface area contributed by atoms with Gasteiger partial charge in [0.15, 0.2) is 9.84 Å². The summed E-state index contributed by atoms with van der Waals surface area (Å²) in [4.78, 5) is 20.7. The molecule has 0 aliphatic carbocycles. The standard InChI is InChI=1S/C18H19N5O3S/c1-13(2)27(25,26)16-6-4-14(5-7-16)10-17(24)22-15-11-19-18(20-12-15)23-9-3-8-21-23/h3-9,11-13H,10H2,1-2H3,(H,22,24). The normalized spacial score (nSPS) is 11.5. The molecule has 1 N–H and O–H groups in total. The lowest BCUT2D eigenvalue weighted by Gasteiger charge is -2.09. The summed E-state index contributed by atoms with van der Waals surface area (Å²) < 4.78 is 25.8. The van der Waals surface area contributed by atoms with Gasteiger partial charge in [0, 0.05) is 12.4 Å². The number of nitrogens with zero attached hydrogens (tertiary/aromatic N) is 4. The summed E-state index contributed by atoms with van der Waals surface area (Å²) in [5.41, 5.74) is 1.18. The molecule has 0 spiro atoms. The Bertz CT molecular complexity index is 1010. The van der Waals surface area contributed by atoms with E-state index in [1.54, 1.807) is 44.4 Å². The van der Waals surface area contributed by atoms with Crippen LogP contribution in [0.15, 0.2) is 60.0 Å². The summed E-state index contributed by atoms with van der Waals surface area (Å²) in [6.45, 7) is 3.27. The van der Waals surface area contributed by atoms with E-state index in [1.807, 2.05) is 0 Å². The van der Waals surface area contributed by atoms with Gasteiger partial charge in [-0.15, -0.1) is 0 Å². The molecule has 8 nitrogen and oxygen atoms in total. The molecule has 140 valence electrons. The molecular weight excluding hydrogens is 366 g/mol. The van der Waals surface area contributed by atoms with Gasteiger partial charge in [0.05, 0.1) is 34.6 Å². The van der Waals surface area contributed by atoms with Gasteiger partial charge in [-0.2, -0.15) is 5.10 Å². The molecule has 1 amide bonds. The Kier molecular flexibility index (Phi) is 5.31. The van der Waals surface area contributed by atoms with Gasteiger partial charge in [-0.25, -0.2) is 23.1 Å². The fourth-order valence-corrected chi connectivity index (χ4v) is 3.41. The monoisotopic (exact) mass is 385 g/mol. The van der Waals surface area contributed by atoms with E-state index in [-0.39, 0.29) is 17.2 Å². The lowest BCUT2D eigenvalue weighted by atomic mass is 10.1. The van der Waals surface area contributed by atoms with Crippen LogP contribution in [0.4, 0.5) is 5.69 Å². The number of hydrogen-bond donors (Lipinski definition) is 1. The molecule has 0 fully saturated rings. The molecule has 2 heterocycles. The highest BCUT2D eigenvalue weighted by Gasteiger charge is 2.18. The second-order valence-corrected chi connectivity index (χ2v) is 8.69. The number of carbonyl (C=O) groups is 1. The fraction of sp³-hybridized carbons (Fsp3) is 0.222. The lowest BCUT2D eigenvalue weighted by molar-refractivity contribution is -0.115. The molecule has 3 rings (SSSR count). The van der Waals surface area contributed by atoms with Gasteiger partial charge in [-0.05, 0) is 37.6 Å². The molecule has 0 saturated carbocycles. The second-order valence-electron chi connectivity index (χ2n) is 6.19. The van der Waals surface area contributed by atoms with Crippen molar-refractivity contribution in [3.8, 4) is 5.95 Å². The summed E-state index contributed by atoms with van der Waals surface area (Å²) in [6.07, 6.45) is 6.46.